The van der Waals surface area contributed by atoms with Crippen molar-refractivity contribution in [2.45, 2.75) is 18.0 Å². The van der Waals surface area contributed by atoms with Crippen molar-refractivity contribution < 1.29 is 41.0 Å². The van der Waals surface area contributed by atoms with Crippen LogP contribution in [-0.4, -0.2) is 35.6 Å². The topological polar surface area (TPSA) is 66.4 Å². The zero-order valence-electron chi connectivity index (χ0n) is 14.9. The average Bonchev–Trinajstić information content (AvgIpc) is 2.91. The minimum atomic E-state index is -5.97. The van der Waals surface area contributed by atoms with Gasteiger partial charge in [-0.1, -0.05) is 42.5 Å². The lowest BCUT2D eigenvalue weighted by Gasteiger charge is -2.32. The van der Waals surface area contributed by atoms with Crippen LogP contribution in [0.25, 0.3) is 0 Å². The van der Waals surface area contributed by atoms with Gasteiger partial charge in [0.05, 0.1) is 5.57 Å². The number of ketones is 2. The highest BCUT2D eigenvalue weighted by Crippen LogP contribution is 2.50. The van der Waals surface area contributed by atoms with Crippen molar-refractivity contribution in [1.82, 2.24) is 0 Å². The molecule has 0 heterocycles. The molecule has 3 rings (SSSR count). The molecule has 0 unspecified atom stereocenters. The Bertz CT molecular complexity index is 971. The van der Waals surface area contributed by atoms with E-state index >= 15 is 0 Å². The number of rotatable bonds is 4. The van der Waals surface area contributed by atoms with Crippen LogP contribution >= 0.6 is 0 Å². The molecule has 0 amide bonds. The predicted molar refractivity (Wildman–Crippen MR) is 94.1 cm³/mol. The molecule has 0 atom stereocenters. The first-order chi connectivity index (χ1) is 13.9. The Morgan fingerprint density at radius 3 is 1.70 bits per heavy atom. The molecule has 2 N–H and O–H groups in total. The van der Waals surface area contributed by atoms with E-state index in [1.807, 2.05) is 0 Å². The zero-order chi connectivity index (χ0) is 22.3. The SMILES string of the molecule is O=C1C(=CCNc2ccc(C(O)(C(F)(F)F)C(F)(F)F)cc2)C(=O)c2ccccc21. The van der Waals surface area contributed by atoms with Crippen molar-refractivity contribution >= 4 is 17.3 Å². The summed E-state index contributed by atoms with van der Waals surface area (Å²) < 4.78 is 77.3. The van der Waals surface area contributed by atoms with Gasteiger partial charge in [-0.2, -0.15) is 26.3 Å². The smallest absolute Gasteiger partial charge is 0.382 e. The maximum absolute atomic E-state index is 12.9. The number of halogens is 6. The average molecular weight is 429 g/mol. The summed E-state index contributed by atoms with van der Waals surface area (Å²) in [7, 11) is 0. The number of fused-ring (bicyclic) bond motifs is 1. The fourth-order valence-corrected chi connectivity index (χ4v) is 3.05. The summed E-state index contributed by atoms with van der Waals surface area (Å²) in [6.45, 7) is -0.0804. The van der Waals surface area contributed by atoms with Crippen LogP contribution in [0, 0.1) is 0 Å². The Morgan fingerprint density at radius 2 is 1.27 bits per heavy atom. The molecule has 0 fully saturated rings. The zero-order valence-corrected chi connectivity index (χ0v) is 14.9. The van der Waals surface area contributed by atoms with Crippen molar-refractivity contribution in [2.75, 3.05) is 11.9 Å². The molecule has 158 valence electrons. The number of aliphatic hydroxyl groups is 1. The summed E-state index contributed by atoms with van der Waals surface area (Å²) >= 11 is 0. The van der Waals surface area contributed by atoms with E-state index in [0.717, 1.165) is 12.1 Å². The van der Waals surface area contributed by atoms with E-state index in [-0.39, 0.29) is 28.9 Å². The molecule has 0 radical (unpaired) electrons. The van der Waals surface area contributed by atoms with Gasteiger partial charge >= 0.3 is 12.4 Å². The van der Waals surface area contributed by atoms with Crippen LogP contribution < -0.4 is 5.32 Å². The third kappa shape index (κ3) is 3.47. The first-order valence-corrected chi connectivity index (χ1v) is 8.46. The van der Waals surface area contributed by atoms with Crippen molar-refractivity contribution in [3.05, 3.63) is 76.9 Å². The number of carbonyl (C=O) groups excluding carboxylic acids is 2. The van der Waals surface area contributed by atoms with Gasteiger partial charge in [0.15, 0.2) is 11.6 Å². The van der Waals surface area contributed by atoms with Gasteiger partial charge < -0.3 is 10.4 Å². The number of alkyl halides is 6. The first-order valence-electron chi connectivity index (χ1n) is 8.46. The molecule has 30 heavy (non-hydrogen) atoms. The molecule has 4 nitrogen and oxygen atoms in total. The minimum Gasteiger partial charge on any atom is -0.382 e. The standard InChI is InChI=1S/C20H13F6NO3/c21-19(22,23)18(30,20(24,25)26)11-5-7-12(8-6-11)27-10-9-15-16(28)13-3-1-2-4-14(13)17(15)29/h1-9,27,30H,10H2. The Labute approximate surface area is 165 Å². The summed E-state index contributed by atoms with van der Waals surface area (Å²) in [5.74, 6) is -0.929. The molecule has 0 aliphatic heterocycles. The molecule has 0 bridgehead atoms. The number of hydrogen-bond donors (Lipinski definition) is 2. The summed E-state index contributed by atoms with van der Waals surface area (Å²) in [5, 5.41) is 12.0. The largest absolute Gasteiger partial charge is 0.430 e. The molecule has 0 saturated heterocycles. The van der Waals surface area contributed by atoms with Gasteiger partial charge in [0.1, 0.15) is 0 Å². The van der Waals surface area contributed by atoms with E-state index in [1.54, 1.807) is 12.1 Å². The quantitative estimate of drug-likeness (QED) is 0.429. The van der Waals surface area contributed by atoms with Gasteiger partial charge in [-0.3, -0.25) is 9.59 Å². The Hall–Kier alpha value is -3.14. The van der Waals surface area contributed by atoms with Gasteiger partial charge in [0, 0.05) is 28.9 Å². The van der Waals surface area contributed by atoms with Crippen molar-refractivity contribution in [2.24, 2.45) is 0 Å². The van der Waals surface area contributed by atoms with Crippen LogP contribution in [0.5, 0.6) is 0 Å². The highest BCUT2D eigenvalue weighted by molar-refractivity contribution is 6.39. The maximum atomic E-state index is 12.9. The van der Waals surface area contributed by atoms with E-state index in [0.29, 0.717) is 12.1 Å². The van der Waals surface area contributed by atoms with E-state index < -0.39 is 35.1 Å². The van der Waals surface area contributed by atoms with Crippen LogP contribution in [-0.2, 0) is 5.60 Å². The maximum Gasteiger partial charge on any atom is 0.430 e. The Morgan fingerprint density at radius 1 is 0.800 bits per heavy atom. The van der Waals surface area contributed by atoms with E-state index in [2.05, 4.69) is 5.32 Å². The van der Waals surface area contributed by atoms with Crippen molar-refractivity contribution in [3.63, 3.8) is 0 Å². The number of carbonyl (C=O) groups is 2. The van der Waals surface area contributed by atoms with Crippen LogP contribution in [0.4, 0.5) is 32.0 Å². The molecule has 2 aromatic rings. The lowest BCUT2D eigenvalue weighted by molar-refractivity contribution is -0.376. The van der Waals surface area contributed by atoms with Crippen molar-refractivity contribution in [1.29, 1.82) is 0 Å². The molecule has 0 aromatic heterocycles. The number of hydrogen-bond acceptors (Lipinski definition) is 4. The van der Waals surface area contributed by atoms with Gasteiger partial charge in [-0.25, -0.2) is 0 Å². The number of nitrogens with one attached hydrogen (secondary N) is 1. The van der Waals surface area contributed by atoms with E-state index in [1.165, 1.54) is 18.2 Å². The number of allylic oxidation sites excluding steroid dienone is 1. The number of Topliss-reactive ketones (excluding diaryl/α,β-unsaturated/α-hetero) is 2. The summed E-state index contributed by atoms with van der Waals surface area (Å²) in [5.41, 5.74) is -5.83. The number of benzene rings is 2. The van der Waals surface area contributed by atoms with Crippen LogP contribution in [0.2, 0.25) is 0 Å². The van der Waals surface area contributed by atoms with Crippen molar-refractivity contribution in [3.8, 4) is 0 Å². The highest BCUT2D eigenvalue weighted by atomic mass is 19.4. The Kier molecular flexibility index (Phi) is 5.23. The normalized spacial score (nSPS) is 14.7. The molecule has 1 aliphatic carbocycles. The third-order valence-electron chi connectivity index (χ3n) is 4.64. The van der Waals surface area contributed by atoms with Gasteiger partial charge in [0.2, 0.25) is 0 Å². The van der Waals surface area contributed by atoms with Crippen LogP contribution in [0.3, 0.4) is 0 Å². The molecule has 0 saturated carbocycles. The summed E-state index contributed by atoms with van der Waals surface area (Å²) in [6.07, 6.45) is -10.6. The summed E-state index contributed by atoms with van der Waals surface area (Å²) in [4.78, 5) is 24.5. The molecular formula is C20H13F6NO3. The minimum absolute atomic E-state index is 0.0798. The second-order valence-corrected chi connectivity index (χ2v) is 6.49. The highest BCUT2D eigenvalue weighted by Gasteiger charge is 2.71. The predicted octanol–water partition coefficient (Wildman–Crippen LogP) is 4.42. The van der Waals surface area contributed by atoms with E-state index in [4.69, 9.17) is 0 Å². The molecule has 2 aromatic carbocycles. The summed E-state index contributed by atoms with van der Waals surface area (Å²) in [6, 6.07) is 9.06. The van der Waals surface area contributed by atoms with Crippen LogP contribution in [0.1, 0.15) is 26.3 Å². The van der Waals surface area contributed by atoms with E-state index in [9.17, 15) is 41.0 Å². The monoisotopic (exact) mass is 429 g/mol. The van der Waals surface area contributed by atoms with Gasteiger partial charge in [0.25, 0.3) is 5.60 Å². The second kappa shape index (κ2) is 7.28. The molecule has 1 aliphatic rings. The second-order valence-electron chi connectivity index (χ2n) is 6.49. The Balaban J connectivity index is 1.75. The fraction of sp³-hybridized carbons (Fsp3) is 0.200. The van der Waals surface area contributed by atoms with Crippen LogP contribution in [0.15, 0.2) is 60.2 Å². The van der Waals surface area contributed by atoms with Gasteiger partial charge in [-0.05, 0) is 12.1 Å². The first kappa shape index (κ1) is 21.6. The lowest BCUT2D eigenvalue weighted by atomic mass is 9.92. The molecular weight excluding hydrogens is 416 g/mol. The third-order valence-corrected chi connectivity index (χ3v) is 4.64. The molecule has 10 heteroatoms. The fourth-order valence-electron chi connectivity index (χ4n) is 3.05. The molecule has 0 spiro atoms. The van der Waals surface area contributed by atoms with Gasteiger partial charge in [-0.15, -0.1) is 0 Å². The number of anilines is 1. The lowest BCUT2D eigenvalue weighted by Crippen LogP contribution is -2.53.